The SMILES string of the molecule is NC1C=CC=C1. The highest BCUT2D eigenvalue weighted by atomic mass is 14.6. The number of allylic oxidation sites excluding steroid dienone is 2. The van der Waals surface area contributed by atoms with Gasteiger partial charge in [-0.25, -0.2) is 0 Å². The molecule has 1 heteroatoms. The Labute approximate surface area is 37.2 Å². The minimum atomic E-state index is 0.185. The lowest BCUT2D eigenvalue weighted by molar-refractivity contribution is 1.05. The minimum Gasteiger partial charge on any atom is -0.321 e. The van der Waals surface area contributed by atoms with E-state index in [9.17, 15) is 0 Å². The van der Waals surface area contributed by atoms with Gasteiger partial charge in [0.1, 0.15) is 0 Å². The van der Waals surface area contributed by atoms with Crippen LogP contribution in [0.25, 0.3) is 0 Å². The van der Waals surface area contributed by atoms with Crippen LogP contribution >= 0.6 is 0 Å². The fourth-order valence-corrected chi connectivity index (χ4v) is 0.449. The molecule has 0 fully saturated rings. The van der Waals surface area contributed by atoms with Gasteiger partial charge in [0.2, 0.25) is 0 Å². The summed E-state index contributed by atoms with van der Waals surface area (Å²) in [6.07, 6.45) is 7.79. The van der Waals surface area contributed by atoms with Gasteiger partial charge in [-0.1, -0.05) is 24.3 Å². The highest BCUT2D eigenvalue weighted by Crippen LogP contribution is 1.93. The van der Waals surface area contributed by atoms with Crippen molar-refractivity contribution in [3.63, 3.8) is 0 Å². The molecule has 0 radical (unpaired) electrons. The van der Waals surface area contributed by atoms with Crippen molar-refractivity contribution in [2.24, 2.45) is 5.73 Å². The smallest absolute Gasteiger partial charge is 0.0416 e. The molecule has 2 N–H and O–H groups in total. The zero-order valence-electron chi connectivity index (χ0n) is 3.46. The van der Waals surface area contributed by atoms with E-state index in [1.807, 2.05) is 24.3 Å². The number of nitrogens with two attached hydrogens (primary N) is 1. The molecule has 0 amide bonds. The summed E-state index contributed by atoms with van der Waals surface area (Å²) in [5.41, 5.74) is 5.36. The summed E-state index contributed by atoms with van der Waals surface area (Å²) in [7, 11) is 0. The molecule has 0 saturated heterocycles. The van der Waals surface area contributed by atoms with E-state index in [0.29, 0.717) is 0 Å². The van der Waals surface area contributed by atoms with Crippen molar-refractivity contribution < 1.29 is 0 Å². The van der Waals surface area contributed by atoms with Crippen molar-refractivity contribution in [2.75, 3.05) is 0 Å². The van der Waals surface area contributed by atoms with Crippen LogP contribution in [0, 0.1) is 0 Å². The molecular formula is C5H7N. The molecule has 0 aromatic rings. The molecule has 0 aliphatic heterocycles. The molecule has 0 bridgehead atoms. The lowest BCUT2D eigenvalue weighted by Crippen LogP contribution is -2.09. The predicted octanol–water partition coefficient (Wildman–Crippen LogP) is 0.440. The summed E-state index contributed by atoms with van der Waals surface area (Å²) in [5.74, 6) is 0. The largest absolute Gasteiger partial charge is 0.321 e. The number of hydrogen-bond donors (Lipinski definition) is 1. The van der Waals surface area contributed by atoms with Gasteiger partial charge in [0.15, 0.2) is 0 Å². The lowest BCUT2D eigenvalue weighted by atomic mass is 10.4. The van der Waals surface area contributed by atoms with Gasteiger partial charge in [-0.05, 0) is 0 Å². The Morgan fingerprint density at radius 2 is 1.67 bits per heavy atom. The van der Waals surface area contributed by atoms with Crippen molar-refractivity contribution in [1.29, 1.82) is 0 Å². The third-order valence-corrected chi connectivity index (χ3v) is 0.778. The van der Waals surface area contributed by atoms with Crippen molar-refractivity contribution >= 4 is 0 Å². The second-order valence-electron chi connectivity index (χ2n) is 1.35. The maximum Gasteiger partial charge on any atom is 0.0416 e. The molecule has 1 aliphatic carbocycles. The fraction of sp³-hybridized carbons (Fsp3) is 0.200. The Kier molecular flexibility index (Phi) is 0.765. The topological polar surface area (TPSA) is 26.0 Å². The van der Waals surface area contributed by atoms with Gasteiger partial charge < -0.3 is 5.73 Å². The molecular weight excluding hydrogens is 74.1 g/mol. The molecule has 0 aromatic heterocycles. The predicted molar refractivity (Wildman–Crippen MR) is 26.3 cm³/mol. The van der Waals surface area contributed by atoms with Crippen LogP contribution in [-0.2, 0) is 0 Å². The second kappa shape index (κ2) is 1.27. The summed E-state index contributed by atoms with van der Waals surface area (Å²) >= 11 is 0. The third kappa shape index (κ3) is 0.494. The first-order valence-corrected chi connectivity index (χ1v) is 2.00. The van der Waals surface area contributed by atoms with Gasteiger partial charge in [-0.3, -0.25) is 0 Å². The van der Waals surface area contributed by atoms with E-state index in [0.717, 1.165) is 0 Å². The first-order chi connectivity index (χ1) is 2.89. The van der Waals surface area contributed by atoms with E-state index in [1.165, 1.54) is 0 Å². The average Bonchev–Trinajstić information content (AvgIpc) is 1.86. The van der Waals surface area contributed by atoms with E-state index in [-0.39, 0.29) is 6.04 Å². The molecule has 0 unspecified atom stereocenters. The van der Waals surface area contributed by atoms with Gasteiger partial charge >= 0.3 is 0 Å². The van der Waals surface area contributed by atoms with Crippen LogP contribution in [-0.4, -0.2) is 6.04 Å². The first-order valence-electron chi connectivity index (χ1n) is 2.00. The van der Waals surface area contributed by atoms with Crippen LogP contribution in [0.2, 0.25) is 0 Å². The number of rotatable bonds is 0. The molecule has 6 heavy (non-hydrogen) atoms. The van der Waals surface area contributed by atoms with Gasteiger partial charge in [0.05, 0.1) is 0 Å². The summed E-state index contributed by atoms with van der Waals surface area (Å²) in [5, 5.41) is 0. The zero-order chi connectivity index (χ0) is 4.41. The van der Waals surface area contributed by atoms with Gasteiger partial charge in [-0.15, -0.1) is 0 Å². The van der Waals surface area contributed by atoms with E-state index < -0.39 is 0 Å². The van der Waals surface area contributed by atoms with Gasteiger partial charge in [0, 0.05) is 6.04 Å². The summed E-state index contributed by atoms with van der Waals surface area (Å²) in [6.45, 7) is 0. The molecule has 1 aliphatic rings. The van der Waals surface area contributed by atoms with Gasteiger partial charge in [-0.2, -0.15) is 0 Å². The monoisotopic (exact) mass is 81.1 g/mol. The van der Waals surface area contributed by atoms with Crippen molar-refractivity contribution in [3.8, 4) is 0 Å². The molecule has 0 spiro atoms. The number of hydrogen-bond acceptors (Lipinski definition) is 1. The van der Waals surface area contributed by atoms with Gasteiger partial charge in [0.25, 0.3) is 0 Å². The Morgan fingerprint density at radius 1 is 1.17 bits per heavy atom. The van der Waals surface area contributed by atoms with Crippen LogP contribution in [0.15, 0.2) is 24.3 Å². The van der Waals surface area contributed by atoms with Crippen molar-refractivity contribution in [2.45, 2.75) is 6.04 Å². The highest BCUT2D eigenvalue weighted by Gasteiger charge is 1.89. The fourth-order valence-electron chi connectivity index (χ4n) is 0.449. The molecule has 0 aromatic carbocycles. The normalized spacial score (nSPS) is 20.2. The van der Waals surface area contributed by atoms with Crippen LogP contribution in [0.3, 0.4) is 0 Å². The van der Waals surface area contributed by atoms with E-state index in [2.05, 4.69) is 0 Å². The Balaban J connectivity index is 2.60. The second-order valence-corrected chi connectivity index (χ2v) is 1.35. The van der Waals surface area contributed by atoms with Crippen LogP contribution in [0.4, 0.5) is 0 Å². The molecule has 0 heterocycles. The van der Waals surface area contributed by atoms with E-state index in [4.69, 9.17) is 5.73 Å². The standard InChI is InChI=1S/C5H7N/c6-5-3-1-2-4-5/h1-5H,6H2. The maximum atomic E-state index is 5.36. The van der Waals surface area contributed by atoms with Crippen LogP contribution in [0.1, 0.15) is 0 Å². The first kappa shape index (κ1) is 3.62. The van der Waals surface area contributed by atoms with Crippen LogP contribution < -0.4 is 5.73 Å². The van der Waals surface area contributed by atoms with E-state index >= 15 is 0 Å². The Hall–Kier alpha value is -0.560. The summed E-state index contributed by atoms with van der Waals surface area (Å²) in [6, 6.07) is 0.185. The summed E-state index contributed by atoms with van der Waals surface area (Å²) in [4.78, 5) is 0. The van der Waals surface area contributed by atoms with Crippen LogP contribution in [0.5, 0.6) is 0 Å². The minimum absolute atomic E-state index is 0.185. The third-order valence-electron chi connectivity index (χ3n) is 0.778. The Bertz CT molecular complexity index is 80.1. The Morgan fingerprint density at radius 3 is 1.83 bits per heavy atom. The summed E-state index contributed by atoms with van der Waals surface area (Å²) < 4.78 is 0. The average molecular weight is 81.1 g/mol. The quantitative estimate of drug-likeness (QED) is 0.450. The molecule has 0 atom stereocenters. The van der Waals surface area contributed by atoms with Crippen molar-refractivity contribution in [1.82, 2.24) is 0 Å². The molecule has 0 saturated carbocycles. The van der Waals surface area contributed by atoms with Crippen molar-refractivity contribution in [3.05, 3.63) is 24.3 Å². The molecule has 32 valence electrons. The zero-order valence-corrected chi connectivity index (χ0v) is 3.46. The molecule has 1 rings (SSSR count). The highest BCUT2D eigenvalue weighted by molar-refractivity contribution is 5.19. The lowest BCUT2D eigenvalue weighted by Gasteiger charge is -1.85. The van der Waals surface area contributed by atoms with E-state index in [1.54, 1.807) is 0 Å². The maximum absolute atomic E-state index is 5.36. The molecule has 1 nitrogen and oxygen atoms in total.